The second-order valence-corrected chi connectivity index (χ2v) is 4.38. The summed E-state index contributed by atoms with van der Waals surface area (Å²) < 4.78 is 11.1. The summed E-state index contributed by atoms with van der Waals surface area (Å²) in [5, 5.41) is 19.6. The highest BCUT2D eigenvalue weighted by atomic mass is 16.8. The average Bonchev–Trinajstić information content (AvgIpc) is 2.54. The van der Waals surface area contributed by atoms with Gasteiger partial charge in [0.1, 0.15) is 18.3 Å². The predicted octanol–water partition coefficient (Wildman–Crippen LogP) is 0.990. The Morgan fingerprint density at radius 3 is 2.31 bits per heavy atom. The maximum Gasteiger partial charge on any atom is 0.164 e. The summed E-state index contributed by atoms with van der Waals surface area (Å²) in [5.41, 5.74) is 0. The molecule has 2 N–H and O–H groups in total. The molecule has 0 aliphatic carbocycles. The highest BCUT2D eigenvalue weighted by Gasteiger charge is 2.46. The molecule has 16 heavy (non-hydrogen) atoms. The van der Waals surface area contributed by atoms with Crippen molar-refractivity contribution in [1.82, 2.24) is 0 Å². The maximum atomic E-state index is 9.87. The zero-order valence-corrected chi connectivity index (χ0v) is 9.80. The van der Waals surface area contributed by atoms with Gasteiger partial charge < -0.3 is 19.7 Å². The molecular formula is C12H20O4. The quantitative estimate of drug-likeness (QED) is 0.689. The van der Waals surface area contributed by atoms with Crippen LogP contribution in [0.25, 0.3) is 0 Å². The third kappa shape index (κ3) is 2.92. The summed E-state index contributed by atoms with van der Waals surface area (Å²) in [6.07, 6.45) is 0.623. The van der Waals surface area contributed by atoms with Gasteiger partial charge in [-0.25, -0.2) is 0 Å². The molecule has 0 unspecified atom stereocenters. The second-order valence-electron chi connectivity index (χ2n) is 4.38. The van der Waals surface area contributed by atoms with Crippen LogP contribution >= 0.6 is 0 Å². The highest BCUT2D eigenvalue weighted by molar-refractivity contribution is 4.97. The van der Waals surface area contributed by atoms with E-state index in [1.807, 2.05) is 0 Å². The molecule has 0 saturated carbocycles. The first-order chi connectivity index (χ1) is 7.41. The van der Waals surface area contributed by atoms with Crippen LogP contribution < -0.4 is 0 Å². The Kier molecular flexibility index (Phi) is 4.27. The molecule has 0 bridgehead atoms. The van der Waals surface area contributed by atoms with Crippen LogP contribution in [0.3, 0.4) is 0 Å². The summed E-state index contributed by atoms with van der Waals surface area (Å²) in [4.78, 5) is 0. The first kappa shape index (κ1) is 13.4. The molecule has 0 aromatic carbocycles. The summed E-state index contributed by atoms with van der Waals surface area (Å²) in [6, 6.07) is 0. The molecule has 1 aliphatic rings. The topological polar surface area (TPSA) is 58.9 Å². The van der Waals surface area contributed by atoms with Crippen LogP contribution in [0.2, 0.25) is 0 Å². The number of hydrogen-bond acceptors (Lipinski definition) is 4. The molecule has 1 aliphatic heterocycles. The van der Waals surface area contributed by atoms with Crippen LogP contribution in [0, 0.1) is 0 Å². The van der Waals surface area contributed by atoms with Crippen molar-refractivity contribution in [3.63, 3.8) is 0 Å². The molecule has 0 aromatic rings. The Morgan fingerprint density at radius 2 is 1.81 bits per heavy atom. The van der Waals surface area contributed by atoms with Gasteiger partial charge in [-0.3, -0.25) is 0 Å². The van der Waals surface area contributed by atoms with Gasteiger partial charge in [-0.1, -0.05) is 12.2 Å². The third-order valence-electron chi connectivity index (χ3n) is 2.53. The SMILES string of the molecule is C=CC[C@@H](O)[C@H]1OC(C)(C)O[C@H]1[C@H](O)C=C. The Labute approximate surface area is 96.2 Å². The minimum Gasteiger partial charge on any atom is -0.390 e. The molecule has 4 nitrogen and oxygen atoms in total. The van der Waals surface area contributed by atoms with Crippen molar-refractivity contribution < 1.29 is 19.7 Å². The van der Waals surface area contributed by atoms with Crippen LogP contribution in [-0.4, -0.2) is 40.4 Å². The minimum absolute atomic E-state index is 0.393. The molecule has 1 heterocycles. The summed E-state index contributed by atoms with van der Waals surface area (Å²) in [6.45, 7) is 10.6. The van der Waals surface area contributed by atoms with Crippen molar-refractivity contribution >= 4 is 0 Å². The standard InChI is InChI=1S/C12H20O4/c1-5-7-9(14)11-10(8(13)6-2)15-12(3,4)16-11/h5-6,8-11,13-14H,1-2,7H2,3-4H3/t8-,9-,10+,11-/m1/s1. The summed E-state index contributed by atoms with van der Waals surface area (Å²) in [7, 11) is 0. The molecule has 92 valence electrons. The van der Waals surface area contributed by atoms with E-state index in [-0.39, 0.29) is 0 Å². The van der Waals surface area contributed by atoms with E-state index in [9.17, 15) is 10.2 Å². The van der Waals surface area contributed by atoms with Gasteiger partial charge in [0.05, 0.1) is 6.10 Å². The normalized spacial score (nSPS) is 32.0. The fraction of sp³-hybridized carbons (Fsp3) is 0.667. The molecule has 1 rings (SSSR count). The Hall–Kier alpha value is -0.680. The zero-order chi connectivity index (χ0) is 12.3. The highest BCUT2D eigenvalue weighted by Crippen LogP contribution is 2.32. The van der Waals surface area contributed by atoms with Crippen molar-refractivity contribution in [1.29, 1.82) is 0 Å². The Balaban J connectivity index is 2.79. The van der Waals surface area contributed by atoms with Gasteiger partial charge in [0.2, 0.25) is 0 Å². The number of ether oxygens (including phenoxy) is 2. The summed E-state index contributed by atoms with van der Waals surface area (Å²) in [5.74, 6) is -0.804. The van der Waals surface area contributed by atoms with E-state index in [1.165, 1.54) is 6.08 Å². The third-order valence-corrected chi connectivity index (χ3v) is 2.53. The number of aliphatic hydroxyl groups is 2. The van der Waals surface area contributed by atoms with E-state index in [0.717, 1.165) is 0 Å². The molecule has 1 fully saturated rings. The van der Waals surface area contributed by atoms with Crippen LogP contribution in [0.4, 0.5) is 0 Å². The molecule has 1 saturated heterocycles. The lowest BCUT2D eigenvalue weighted by molar-refractivity contribution is -0.158. The van der Waals surface area contributed by atoms with Gasteiger partial charge in [0, 0.05) is 0 Å². The van der Waals surface area contributed by atoms with Gasteiger partial charge in [-0.05, 0) is 20.3 Å². The van der Waals surface area contributed by atoms with E-state index in [1.54, 1.807) is 19.9 Å². The van der Waals surface area contributed by atoms with Crippen molar-refractivity contribution in [3.05, 3.63) is 25.3 Å². The van der Waals surface area contributed by atoms with E-state index in [4.69, 9.17) is 9.47 Å². The lowest BCUT2D eigenvalue weighted by atomic mass is 10.0. The van der Waals surface area contributed by atoms with Gasteiger partial charge in [-0.2, -0.15) is 0 Å². The van der Waals surface area contributed by atoms with Gasteiger partial charge in [0.25, 0.3) is 0 Å². The van der Waals surface area contributed by atoms with Crippen molar-refractivity contribution in [2.75, 3.05) is 0 Å². The number of hydrogen-bond donors (Lipinski definition) is 2. The molecule has 0 aromatic heterocycles. The monoisotopic (exact) mass is 228 g/mol. The van der Waals surface area contributed by atoms with E-state index in [0.29, 0.717) is 6.42 Å². The molecular weight excluding hydrogens is 208 g/mol. The average molecular weight is 228 g/mol. The summed E-state index contributed by atoms with van der Waals surface area (Å²) >= 11 is 0. The molecule has 4 atom stereocenters. The van der Waals surface area contributed by atoms with Gasteiger partial charge in [0.15, 0.2) is 5.79 Å². The second kappa shape index (κ2) is 5.10. The van der Waals surface area contributed by atoms with Gasteiger partial charge in [-0.15, -0.1) is 13.2 Å². The zero-order valence-electron chi connectivity index (χ0n) is 9.80. The first-order valence-electron chi connectivity index (χ1n) is 5.36. The maximum absolute atomic E-state index is 9.87. The molecule has 4 heteroatoms. The fourth-order valence-electron chi connectivity index (χ4n) is 1.82. The van der Waals surface area contributed by atoms with E-state index >= 15 is 0 Å². The smallest absolute Gasteiger partial charge is 0.164 e. The van der Waals surface area contributed by atoms with Crippen molar-refractivity contribution in [2.45, 2.75) is 50.5 Å². The Morgan fingerprint density at radius 1 is 1.25 bits per heavy atom. The first-order valence-corrected chi connectivity index (χ1v) is 5.36. The molecule has 0 amide bonds. The van der Waals surface area contributed by atoms with Crippen LogP contribution in [0.5, 0.6) is 0 Å². The van der Waals surface area contributed by atoms with Crippen molar-refractivity contribution in [2.24, 2.45) is 0 Å². The molecule has 0 radical (unpaired) electrons. The lowest BCUT2D eigenvalue weighted by Gasteiger charge is -2.23. The molecule has 0 spiro atoms. The number of aliphatic hydroxyl groups excluding tert-OH is 2. The van der Waals surface area contributed by atoms with Crippen LogP contribution in [0.1, 0.15) is 20.3 Å². The van der Waals surface area contributed by atoms with Crippen LogP contribution in [-0.2, 0) is 9.47 Å². The van der Waals surface area contributed by atoms with Crippen LogP contribution in [0.15, 0.2) is 25.3 Å². The lowest BCUT2D eigenvalue weighted by Crippen LogP contribution is -2.41. The number of rotatable bonds is 5. The minimum atomic E-state index is -0.855. The van der Waals surface area contributed by atoms with Crippen molar-refractivity contribution in [3.8, 4) is 0 Å². The largest absolute Gasteiger partial charge is 0.390 e. The van der Waals surface area contributed by atoms with E-state index in [2.05, 4.69) is 13.2 Å². The Bertz CT molecular complexity index is 262. The fourth-order valence-corrected chi connectivity index (χ4v) is 1.82. The predicted molar refractivity (Wildman–Crippen MR) is 60.8 cm³/mol. The van der Waals surface area contributed by atoms with E-state index < -0.39 is 30.2 Å². The van der Waals surface area contributed by atoms with Gasteiger partial charge >= 0.3 is 0 Å².